The average molecular weight is 262 g/mol. The molecule has 0 aromatic carbocycles. The van der Waals surface area contributed by atoms with Crippen molar-refractivity contribution in [2.24, 2.45) is 11.7 Å². The third kappa shape index (κ3) is 5.11. The van der Waals surface area contributed by atoms with Gasteiger partial charge in [-0.05, 0) is 5.92 Å². The number of nitrogens with two attached hydrogens (primary N) is 1. The van der Waals surface area contributed by atoms with Gasteiger partial charge in [0.15, 0.2) is 0 Å². The van der Waals surface area contributed by atoms with Gasteiger partial charge >= 0.3 is 17.9 Å². The summed E-state index contributed by atoms with van der Waals surface area (Å²) < 4.78 is 0. The van der Waals surface area contributed by atoms with Crippen LogP contribution in [-0.2, 0) is 14.4 Å². The molecule has 0 aliphatic carbocycles. The standard InChI is InChI=1S/C10H18N2O6/c1-4(2)8(7(11)10(17)18)12-5(9(15)16)3-6(13)14/h4-5,7-8,12H,3,11H2,1-2H3,(H,13,14)(H,15,16)(H,17,18)/t5-,7-,8?/m0/s1. The highest BCUT2D eigenvalue weighted by Crippen LogP contribution is 2.08. The van der Waals surface area contributed by atoms with Crippen LogP contribution >= 0.6 is 0 Å². The fraction of sp³-hybridized carbons (Fsp3) is 0.700. The van der Waals surface area contributed by atoms with Gasteiger partial charge in [0.25, 0.3) is 0 Å². The van der Waals surface area contributed by atoms with Gasteiger partial charge in [0, 0.05) is 6.04 Å². The first-order valence-corrected chi connectivity index (χ1v) is 5.35. The maximum atomic E-state index is 10.9. The van der Waals surface area contributed by atoms with Gasteiger partial charge in [-0.25, -0.2) is 0 Å². The second-order valence-electron chi connectivity index (χ2n) is 4.29. The van der Waals surface area contributed by atoms with Crippen LogP contribution in [0, 0.1) is 5.92 Å². The number of carbonyl (C=O) groups is 3. The summed E-state index contributed by atoms with van der Waals surface area (Å²) in [5, 5.41) is 28.7. The van der Waals surface area contributed by atoms with Gasteiger partial charge in [0.1, 0.15) is 12.1 Å². The van der Waals surface area contributed by atoms with Crippen LogP contribution in [0.1, 0.15) is 20.3 Å². The Morgan fingerprint density at radius 1 is 1.11 bits per heavy atom. The summed E-state index contributed by atoms with van der Waals surface area (Å²) in [6, 6.07) is -3.51. The van der Waals surface area contributed by atoms with Gasteiger partial charge in [0.05, 0.1) is 6.42 Å². The zero-order valence-corrected chi connectivity index (χ0v) is 10.2. The molecule has 1 unspecified atom stereocenters. The van der Waals surface area contributed by atoms with Gasteiger partial charge in [-0.2, -0.15) is 0 Å². The Hall–Kier alpha value is -1.67. The molecule has 0 amide bonds. The molecule has 0 aromatic rings. The van der Waals surface area contributed by atoms with Crippen molar-refractivity contribution in [1.29, 1.82) is 0 Å². The van der Waals surface area contributed by atoms with Crippen LogP contribution < -0.4 is 11.1 Å². The fourth-order valence-corrected chi connectivity index (χ4v) is 1.49. The largest absolute Gasteiger partial charge is 0.481 e. The van der Waals surface area contributed by atoms with Crippen LogP contribution in [0.4, 0.5) is 0 Å². The molecule has 0 aliphatic heterocycles. The van der Waals surface area contributed by atoms with Gasteiger partial charge < -0.3 is 21.1 Å². The van der Waals surface area contributed by atoms with E-state index in [1.807, 2.05) is 0 Å². The monoisotopic (exact) mass is 262 g/mol. The number of aliphatic carboxylic acids is 3. The summed E-state index contributed by atoms with van der Waals surface area (Å²) in [7, 11) is 0. The fourth-order valence-electron chi connectivity index (χ4n) is 1.49. The Bertz CT molecular complexity index is 330. The second-order valence-corrected chi connectivity index (χ2v) is 4.29. The molecule has 0 aliphatic rings. The van der Waals surface area contributed by atoms with Crippen LogP contribution in [-0.4, -0.2) is 51.4 Å². The van der Waals surface area contributed by atoms with Crippen molar-refractivity contribution in [2.75, 3.05) is 0 Å². The van der Waals surface area contributed by atoms with Gasteiger partial charge in [-0.1, -0.05) is 13.8 Å². The number of carboxylic acid groups (broad SMARTS) is 3. The lowest BCUT2D eigenvalue weighted by Gasteiger charge is -2.28. The van der Waals surface area contributed by atoms with Crippen LogP contribution in [0.3, 0.4) is 0 Å². The predicted molar refractivity (Wildman–Crippen MR) is 61.0 cm³/mol. The molecule has 0 fully saturated rings. The van der Waals surface area contributed by atoms with Crippen molar-refractivity contribution >= 4 is 17.9 Å². The van der Waals surface area contributed by atoms with Crippen LogP contribution in [0.25, 0.3) is 0 Å². The van der Waals surface area contributed by atoms with Gasteiger partial charge in [-0.3, -0.25) is 19.7 Å². The Morgan fingerprint density at radius 2 is 1.61 bits per heavy atom. The molecule has 8 heteroatoms. The van der Waals surface area contributed by atoms with Crippen molar-refractivity contribution in [3.8, 4) is 0 Å². The van der Waals surface area contributed by atoms with E-state index in [2.05, 4.69) is 5.32 Å². The minimum Gasteiger partial charge on any atom is -0.481 e. The quantitative estimate of drug-likeness (QED) is 0.371. The topological polar surface area (TPSA) is 150 Å². The van der Waals surface area contributed by atoms with E-state index in [0.717, 1.165) is 0 Å². The number of nitrogens with one attached hydrogen (secondary N) is 1. The molecule has 0 heterocycles. The summed E-state index contributed by atoms with van der Waals surface area (Å²) in [6.07, 6.45) is -0.648. The van der Waals surface area contributed by atoms with E-state index in [1.165, 1.54) is 0 Å². The first kappa shape index (κ1) is 16.3. The zero-order valence-electron chi connectivity index (χ0n) is 10.2. The highest BCUT2D eigenvalue weighted by atomic mass is 16.4. The van der Waals surface area contributed by atoms with Crippen molar-refractivity contribution < 1.29 is 29.7 Å². The summed E-state index contributed by atoms with van der Waals surface area (Å²) in [5.74, 6) is -4.19. The number of carboxylic acids is 3. The molecule has 104 valence electrons. The number of hydrogen-bond acceptors (Lipinski definition) is 5. The highest BCUT2D eigenvalue weighted by molar-refractivity contribution is 5.81. The molecule has 0 bridgehead atoms. The van der Waals surface area contributed by atoms with Gasteiger partial charge in [-0.15, -0.1) is 0 Å². The van der Waals surface area contributed by atoms with E-state index in [1.54, 1.807) is 13.8 Å². The molecule has 18 heavy (non-hydrogen) atoms. The molecule has 0 saturated heterocycles. The lowest BCUT2D eigenvalue weighted by molar-refractivity contribution is -0.147. The smallest absolute Gasteiger partial charge is 0.322 e. The van der Waals surface area contributed by atoms with Crippen molar-refractivity contribution in [2.45, 2.75) is 38.4 Å². The van der Waals surface area contributed by atoms with E-state index in [0.29, 0.717) is 0 Å². The lowest BCUT2D eigenvalue weighted by atomic mass is 9.95. The lowest BCUT2D eigenvalue weighted by Crippen LogP contribution is -2.57. The summed E-state index contributed by atoms with van der Waals surface area (Å²) in [5.41, 5.74) is 5.44. The average Bonchev–Trinajstić information content (AvgIpc) is 2.21. The van der Waals surface area contributed by atoms with Crippen molar-refractivity contribution in [3.63, 3.8) is 0 Å². The molecule has 3 atom stereocenters. The summed E-state index contributed by atoms with van der Waals surface area (Å²) >= 11 is 0. The number of rotatable bonds is 8. The summed E-state index contributed by atoms with van der Waals surface area (Å²) in [4.78, 5) is 32.2. The third-order valence-electron chi connectivity index (χ3n) is 2.46. The van der Waals surface area contributed by atoms with E-state index in [-0.39, 0.29) is 5.92 Å². The van der Waals surface area contributed by atoms with Gasteiger partial charge in [0.2, 0.25) is 0 Å². The minimum atomic E-state index is -1.37. The molecular weight excluding hydrogens is 244 g/mol. The predicted octanol–water partition coefficient (Wildman–Crippen LogP) is -1.06. The van der Waals surface area contributed by atoms with Crippen LogP contribution in [0.5, 0.6) is 0 Å². The van der Waals surface area contributed by atoms with Crippen molar-refractivity contribution in [1.82, 2.24) is 5.32 Å². The molecule has 0 aromatic heterocycles. The van der Waals surface area contributed by atoms with E-state index in [9.17, 15) is 14.4 Å². The maximum absolute atomic E-state index is 10.9. The minimum absolute atomic E-state index is 0.258. The first-order valence-electron chi connectivity index (χ1n) is 5.35. The SMILES string of the molecule is CC(C)C(N[C@@H](CC(=O)O)C(=O)O)[C@H](N)C(=O)O. The summed E-state index contributed by atoms with van der Waals surface area (Å²) in [6.45, 7) is 3.33. The maximum Gasteiger partial charge on any atom is 0.322 e. The molecule has 0 saturated carbocycles. The van der Waals surface area contributed by atoms with E-state index >= 15 is 0 Å². The zero-order chi connectivity index (χ0) is 14.5. The highest BCUT2D eigenvalue weighted by Gasteiger charge is 2.32. The molecule has 8 nitrogen and oxygen atoms in total. The third-order valence-corrected chi connectivity index (χ3v) is 2.46. The Labute approximate surface area is 104 Å². The van der Waals surface area contributed by atoms with Crippen molar-refractivity contribution in [3.05, 3.63) is 0 Å². The number of hydrogen-bond donors (Lipinski definition) is 5. The normalized spacial score (nSPS) is 16.0. The Morgan fingerprint density at radius 3 is 1.89 bits per heavy atom. The van der Waals surface area contributed by atoms with Crippen LogP contribution in [0.15, 0.2) is 0 Å². The molecule has 0 rings (SSSR count). The van der Waals surface area contributed by atoms with E-state index in [4.69, 9.17) is 21.1 Å². The molecule has 0 spiro atoms. The molecule has 6 N–H and O–H groups in total. The van der Waals surface area contributed by atoms with E-state index < -0.39 is 42.5 Å². The molecule has 0 radical (unpaired) electrons. The Balaban J connectivity index is 4.87. The molecular formula is C10H18N2O6. The van der Waals surface area contributed by atoms with Crippen LogP contribution in [0.2, 0.25) is 0 Å². The second kappa shape index (κ2) is 6.92. The first-order chi connectivity index (χ1) is 8.16. The Kier molecular flexibility index (Phi) is 6.28.